The molecule has 1 amide bonds. The second kappa shape index (κ2) is 10.3. The van der Waals surface area contributed by atoms with E-state index in [9.17, 15) is 4.79 Å². The highest BCUT2D eigenvalue weighted by molar-refractivity contribution is 5.94. The summed E-state index contributed by atoms with van der Waals surface area (Å²) >= 11 is 0. The number of piperidine rings is 1. The zero-order valence-electron chi connectivity index (χ0n) is 20.1. The van der Waals surface area contributed by atoms with Crippen molar-refractivity contribution in [2.45, 2.75) is 72.6 Å². The Bertz CT molecular complexity index is 1110. The van der Waals surface area contributed by atoms with Gasteiger partial charge >= 0.3 is 0 Å². The molecule has 0 saturated carbocycles. The second-order valence-electron chi connectivity index (χ2n) is 8.84. The molecule has 4 rings (SSSR count). The van der Waals surface area contributed by atoms with Crippen molar-refractivity contribution in [3.05, 3.63) is 76.1 Å². The minimum Gasteiger partial charge on any atom is -0.348 e. The summed E-state index contributed by atoms with van der Waals surface area (Å²) in [5.41, 5.74) is 5.96. The number of aryl methyl sites for hydroxylation is 3. The Kier molecular flexibility index (Phi) is 7.18. The summed E-state index contributed by atoms with van der Waals surface area (Å²) in [5.74, 6) is 0.673. The van der Waals surface area contributed by atoms with Gasteiger partial charge in [-0.1, -0.05) is 36.8 Å². The van der Waals surface area contributed by atoms with E-state index in [2.05, 4.69) is 40.7 Å². The summed E-state index contributed by atoms with van der Waals surface area (Å²) in [4.78, 5) is 24.7. The van der Waals surface area contributed by atoms with E-state index in [1.54, 1.807) is 6.20 Å². The third-order valence-electron chi connectivity index (χ3n) is 6.64. The maximum absolute atomic E-state index is 12.7. The number of nitrogens with one attached hydrogen (secondary N) is 1. The lowest BCUT2D eigenvalue weighted by molar-refractivity contribution is 0.0948. The lowest BCUT2D eigenvalue weighted by atomic mass is 9.99. The molecule has 1 aliphatic heterocycles. The first-order chi connectivity index (χ1) is 16.0. The van der Waals surface area contributed by atoms with Gasteiger partial charge < -0.3 is 5.32 Å². The van der Waals surface area contributed by atoms with Gasteiger partial charge in [0.1, 0.15) is 5.82 Å². The van der Waals surface area contributed by atoms with Gasteiger partial charge in [-0.3, -0.25) is 14.4 Å². The van der Waals surface area contributed by atoms with Gasteiger partial charge in [-0.15, -0.1) is 0 Å². The van der Waals surface area contributed by atoms with E-state index in [0.29, 0.717) is 12.1 Å². The summed E-state index contributed by atoms with van der Waals surface area (Å²) < 4.78 is 2.08. The van der Waals surface area contributed by atoms with E-state index in [0.717, 1.165) is 55.3 Å². The quantitative estimate of drug-likeness (QED) is 0.586. The Balaban J connectivity index is 1.49. The Hall–Kier alpha value is -3.06. The Morgan fingerprint density at radius 1 is 1.12 bits per heavy atom. The molecule has 1 aromatic carbocycles. The van der Waals surface area contributed by atoms with Crippen molar-refractivity contribution in [3.63, 3.8) is 0 Å². The number of hydrogen-bond acceptors (Lipinski definition) is 5. The van der Waals surface area contributed by atoms with Crippen LogP contribution >= 0.6 is 0 Å². The van der Waals surface area contributed by atoms with Crippen LogP contribution in [0.1, 0.15) is 76.6 Å². The van der Waals surface area contributed by atoms with Crippen LogP contribution in [0.3, 0.4) is 0 Å². The molecular formula is C26H34N6O. The van der Waals surface area contributed by atoms with Gasteiger partial charge in [0, 0.05) is 37.1 Å². The highest BCUT2D eigenvalue weighted by atomic mass is 16.1. The molecule has 1 fully saturated rings. The molecular weight excluding hydrogens is 412 g/mol. The summed E-state index contributed by atoms with van der Waals surface area (Å²) in [6, 6.07) is 10.1. The first-order valence-electron chi connectivity index (χ1n) is 11.9. The number of rotatable bonds is 7. The van der Waals surface area contributed by atoms with Gasteiger partial charge in [-0.25, -0.2) is 9.97 Å². The fraction of sp³-hybridized carbons (Fsp3) is 0.462. The Morgan fingerprint density at radius 3 is 2.61 bits per heavy atom. The van der Waals surface area contributed by atoms with Crippen molar-refractivity contribution in [1.29, 1.82) is 0 Å². The van der Waals surface area contributed by atoms with Crippen molar-refractivity contribution in [3.8, 4) is 0 Å². The molecule has 3 heterocycles. The van der Waals surface area contributed by atoms with Crippen molar-refractivity contribution >= 4 is 5.91 Å². The van der Waals surface area contributed by atoms with Gasteiger partial charge in [0.15, 0.2) is 0 Å². The molecule has 33 heavy (non-hydrogen) atoms. The summed E-state index contributed by atoms with van der Waals surface area (Å²) in [6.45, 7) is 11.5. The molecule has 1 atom stereocenters. The first kappa shape index (κ1) is 23.1. The van der Waals surface area contributed by atoms with Crippen LogP contribution < -0.4 is 5.32 Å². The first-order valence-corrected chi connectivity index (χ1v) is 11.9. The SMILES string of the molecule is CCn1nc(C)c(CN2CCCC[C@@H]2c2ncc(C(=O)NCc3ccccc3)c(C)n2)c1C. The number of hydrogen-bond donors (Lipinski definition) is 1. The summed E-state index contributed by atoms with van der Waals surface area (Å²) in [7, 11) is 0. The van der Waals surface area contributed by atoms with Crippen LogP contribution in [0.5, 0.6) is 0 Å². The van der Waals surface area contributed by atoms with Crippen LogP contribution in [0.25, 0.3) is 0 Å². The fourth-order valence-electron chi connectivity index (χ4n) is 4.69. The predicted octanol–water partition coefficient (Wildman–Crippen LogP) is 4.28. The van der Waals surface area contributed by atoms with E-state index >= 15 is 0 Å². The molecule has 174 valence electrons. The van der Waals surface area contributed by atoms with E-state index in [4.69, 9.17) is 10.1 Å². The van der Waals surface area contributed by atoms with E-state index < -0.39 is 0 Å². The largest absolute Gasteiger partial charge is 0.348 e. The minimum absolute atomic E-state index is 0.137. The van der Waals surface area contributed by atoms with Crippen LogP contribution in [-0.2, 0) is 19.6 Å². The summed E-state index contributed by atoms with van der Waals surface area (Å²) in [6.07, 6.45) is 5.06. The molecule has 1 N–H and O–H groups in total. The van der Waals surface area contributed by atoms with Crippen LogP contribution in [0.4, 0.5) is 0 Å². The monoisotopic (exact) mass is 446 g/mol. The molecule has 7 heteroatoms. The molecule has 3 aromatic rings. The van der Waals surface area contributed by atoms with Crippen molar-refractivity contribution in [2.75, 3.05) is 6.54 Å². The smallest absolute Gasteiger partial charge is 0.254 e. The van der Waals surface area contributed by atoms with Crippen molar-refractivity contribution < 1.29 is 4.79 Å². The third-order valence-corrected chi connectivity index (χ3v) is 6.64. The molecule has 7 nitrogen and oxygen atoms in total. The zero-order chi connectivity index (χ0) is 23.4. The van der Waals surface area contributed by atoms with Gasteiger partial charge in [0.2, 0.25) is 0 Å². The van der Waals surface area contributed by atoms with E-state index in [1.807, 2.05) is 37.3 Å². The maximum Gasteiger partial charge on any atom is 0.254 e. The molecule has 0 unspecified atom stereocenters. The van der Waals surface area contributed by atoms with Gasteiger partial charge in [-0.2, -0.15) is 5.10 Å². The topological polar surface area (TPSA) is 75.9 Å². The summed E-state index contributed by atoms with van der Waals surface area (Å²) in [5, 5.41) is 7.67. The average Bonchev–Trinajstić information content (AvgIpc) is 3.11. The molecule has 0 bridgehead atoms. The van der Waals surface area contributed by atoms with Crippen molar-refractivity contribution in [1.82, 2.24) is 30.0 Å². The van der Waals surface area contributed by atoms with Gasteiger partial charge in [-0.05, 0) is 52.6 Å². The maximum atomic E-state index is 12.7. The number of likely N-dealkylation sites (tertiary alicyclic amines) is 1. The van der Waals surface area contributed by atoms with Gasteiger partial charge in [0.25, 0.3) is 5.91 Å². The third kappa shape index (κ3) is 5.14. The number of carbonyl (C=O) groups is 1. The van der Waals surface area contributed by atoms with Crippen LogP contribution in [-0.4, -0.2) is 37.1 Å². The van der Waals surface area contributed by atoms with E-state index in [-0.39, 0.29) is 11.9 Å². The van der Waals surface area contributed by atoms with Crippen LogP contribution in [0, 0.1) is 20.8 Å². The fourth-order valence-corrected chi connectivity index (χ4v) is 4.69. The highest BCUT2D eigenvalue weighted by Gasteiger charge is 2.28. The molecule has 1 aliphatic rings. The van der Waals surface area contributed by atoms with Gasteiger partial charge in [0.05, 0.1) is 23.0 Å². The molecule has 1 saturated heterocycles. The Morgan fingerprint density at radius 2 is 1.91 bits per heavy atom. The molecule has 0 spiro atoms. The lowest BCUT2D eigenvalue weighted by Crippen LogP contribution is -2.34. The average molecular weight is 447 g/mol. The normalized spacial score (nSPS) is 16.7. The van der Waals surface area contributed by atoms with Crippen molar-refractivity contribution in [2.24, 2.45) is 0 Å². The highest BCUT2D eigenvalue weighted by Crippen LogP contribution is 2.31. The molecule has 0 radical (unpaired) electrons. The number of aromatic nitrogens is 4. The number of amides is 1. The zero-order valence-corrected chi connectivity index (χ0v) is 20.1. The predicted molar refractivity (Wildman–Crippen MR) is 129 cm³/mol. The van der Waals surface area contributed by atoms with E-state index in [1.165, 1.54) is 17.7 Å². The number of benzene rings is 1. The van der Waals surface area contributed by atoms with Crippen LogP contribution in [0.15, 0.2) is 36.5 Å². The lowest BCUT2D eigenvalue weighted by Gasteiger charge is -2.35. The standard InChI is InChI=1S/C26H34N6O/c1-5-32-20(4)23(19(3)30-32)17-31-14-10-9-13-24(31)25-27-16-22(18(2)29-25)26(33)28-15-21-11-7-6-8-12-21/h6-8,11-12,16,24H,5,9-10,13-15,17H2,1-4H3,(H,28,33)/t24-/m1/s1. The van der Waals surface area contributed by atoms with Crippen LogP contribution in [0.2, 0.25) is 0 Å². The minimum atomic E-state index is -0.137. The molecule has 0 aliphatic carbocycles. The second-order valence-corrected chi connectivity index (χ2v) is 8.84. The number of nitrogens with zero attached hydrogens (tertiary/aromatic N) is 5. The Labute approximate surface area is 196 Å². The number of carbonyl (C=O) groups excluding carboxylic acids is 1. The molecule has 2 aromatic heterocycles.